The summed E-state index contributed by atoms with van der Waals surface area (Å²) in [6.45, 7) is 3.47. The van der Waals surface area contributed by atoms with Crippen LogP contribution in [0.1, 0.15) is 30.8 Å². The van der Waals surface area contributed by atoms with E-state index >= 15 is 0 Å². The van der Waals surface area contributed by atoms with Crippen molar-refractivity contribution in [2.45, 2.75) is 32.7 Å². The van der Waals surface area contributed by atoms with E-state index in [1.165, 1.54) is 36.6 Å². The summed E-state index contributed by atoms with van der Waals surface area (Å²) in [6.07, 6.45) is 3.38. The van der Waals surface area contributed by atoms with E-state index in [1.807, 2.05) is 13.8 Å². The van der Waals surface area contributed by atoms with Crippen molar-refractivity contribution in [1.29, 1.82) is 5.41 Å². The number of anilines is 1. The largest absolute Gasteiger partial charge is 0.444 e. The lowest BCUT2D eigenvalue weighted by molar-refractivity contribution is -0.131. The molecule has 10 nitrogen and oxygen atoms in total. The van der Waals surface area contributed by atoms with Crippen LogP contribution in [0.2, 0.25) is 0 Å². The van der Waals surface area contributed by atoms with Crippen LogP contribution in [0.3, 0.4) is 0 Å². The van der Waals surface area contributed by atoms with Crippen molar-refractivity contribution < 1.29 is 22.8 Å². The number of nitrogens with zero attached hydrogens (tertiary/aromatic N) is 4. The molecule has 33 heavy (non-hydrogen) atoms. The lowest BCUT2D eigenvalue weighted by atomic mass is 9.92. The number of halogens is 2. The Kier molecular flexibility index (Phi) is 7.14. The van der Waals surface area contributed by atoms with Crippen molar-refractivity contribution in [3.05, 3.63) is 30.4 Å². The van der Waals surface area contributed by atoms with Gasteiger partial charge in [-0.2, -0.15) is 0 Å². The molecule has 1 aliphatic rings. The quantitative estimate of drug-likeness (QED) is 0.408. The number of likely N-dealkylation sites (tertiary alicyclic amines) is 1. The number of oxazole rings is 1. The second-order valence-electron chi connectivity index (χ2n) is 8.11. The van der Waals surface area contributed by atoms with Crippen LogP contribution < -0.4 is 10.6 Å². The fourth-order valence-corrected chi connectivity index (χ4v) is 3.26. The number of rotatable bonds is 8. The fraction of sp³-hybridized carbons (Fsp3) is 0.429. The molecule has 12 heteroatoms. The van der Waals surface area contributed by atoms with E-state index in [0.29, 0.717) is 24.2 Å². The average Bonchev–Trinajstić information content (AvgIpc) is 3.37. The minimum atomic E-state index is -2.52. The number of nitrogens with one attached hydrogen (secondary N) is 3. The highest BCUT2D eigenvalue weighted by atomic mass is 19.3. The van der Waals surface area contributed by atoms with Gasteiger partial charge in [0.1, 0.15) is 18.1 Å². The van der Waals surface area contributed by atoms with Gasteiger partial charge in [-0.1, -0.05) is 13.8 Å². The zero-order valence-electron chi connectivity index (χ0n) is 18.4. The molecule has 0 aromatic carbocycles. The second-order valence-corrected chi connectivity index (χ2v) is 8.11. The summed E-state index contributed by atoms with van der Waals surface area (Å²) < 4.78 is 30.2. The Balaban J connectivity index is 1.72. The maximum Gasteiger partial charge on any atom is 0.274 e. The highest BCUT2D eigenvalue weighted by Gasteiger charge is 2.41. The minimum Gasteiger partial charge on any atom is -0.444 e. The van der Waals surface area contributed by atoms with Crippen molar-refractivity contribution in [2.24, 2.45) is 10.4 Å². The molecule has 1 fully saturated rings. The molecule has 3 N–H and O–H groups in total. The van der Waals surface area contributed by atoms with Gasteiger partial charge in [-0.3, -0.25) is 29.9 Å². The molecule has 0 spiro atoms. The van der Waals surface area contributed by atoms with Crippen LogP contribution in [-0.4, -0.2) is 71.3 Å². The Bertz CT molecular complexity index is 1070. The van der Waals surface area contributed by atoms with Crippen LogP contribution in [0.5, 0.6) is 0 Å². The Hall–Kier alpha value is -3.70. The number of alkyl halides is 2. The van der Waals surface area contributed by atoms with Gasteiger partial charge in [0.25, 0.3) is 12.3 Å². The minimum absolute atomic E-state index is 0.0636. The predicted octanol–water partition coefficient (Wildman–Crippen LogP) is 2.45. The van der Waals surface area contributed by atoms with E-state index in [2.05, 4.69) is 25.6 Å². The topological polar surface area (TPSA) is 137 Å². The Morgan fingerprint density at radius 1 is 1.42 bits per heavy atom. The van der Waals surface area contributed by atoms with Gasteiger partial charge < -0.3 is 15.1 Å². The van der Waals surface area contributed by atoms with Gasteiger partial charge in [-0.15, -0.1) is 0 Å². The summed E-state index contributed by atoms with van der Waals surface area (Å²) in [5.74, 6) is -0.839. The monoisotopic (exact) mass is 461 g/mol. The van der Waals surface area contributed by atoms with Crippen LogP contribution in [-0.2, 0) is 4.79 Å². The summed E-state index contributed by atoms with van der Waals surface area (Å²) in [5.41, 5.74) is 0.102. The van der Waals surface area contributed by atoms with Gasteiger partial charge in [-0.25, -0.2) is 13.8 Å². The first kappa shape index (κ1) is 24.0. The molecule has 1 saturated heterocycles. The molecule has 1 aliphatic heterocycles. The number of hydrogen-bond donors (Lipinski definition) is 3. The number of carbonyl (C=O) groups excluding carboxylic acids is 2. The Labute approximate surface area is 189 Å². The van der Waals surface area contributed by atoms with Crippen molar-refractivity contribution in [2.75, 3.05) is 25.5 Å². The Morgan fingerprint density at radius 2 is 2.18 bits per heavy atom. The molecular formula is C21H25F2N7O3. The molecule has 3 rings (SSSR count). The molecule has 2 aromatic heterocycles. The van der Waals surface area contributed by atoms with Gasteiger partial charge in [0.2, 0.25) is 11.8 Å². The molecular weight excluding hydrogens is 436 g/mol. The van der Waals surface area contributed by atoms with Crippen LogP contribution in [0.15, 0.2) is 34.1 Å². The molecule has 176 valence electrons. The first-order valence-electron chi connectivity index (χ1n) is 10.2. The summed E-state index contributed by atoms with van der Waals surface area (Å²) in [4.78, 5) is 38.6. The number of aliphatic imine (C=N–C) groups is 1. The van der Waals surface area contributed by atoms with Crippen LogP contribution in [0, 0.1) is 10.8 Å². The maximum atomic E-state index is 12.7. The number of hydrogen-bond acceptors (Lipinski definition) is 8. The van der Waals surface area contributed by atoms with E-state index in [4.69, 9.17) is 9.83 Å². The standard InChI is InChI=1S/C21H25F2N7O3/c1-21(2)4-5-30(20(21)32)17(24)14(9-25-3)28-18(31)15-11-33-19(29-15)12-6-13(8-26-7-12)27-10-16(22)23/h6-9,11,14,16,24,27H,4-5,10H2,1-3H3,(H,28,31). The molecule has 2 amide bonds. The summed E-state index contributed by atoms with van der Waals surface area (Å²) in [7, 11) is 1.50. The number of carbonyl (C=O) groups is 2. The lowest BCUT2D eigenvalue weighted by Gasteiger charge is -2.24. The predicted molar refractivity (Wildman–Crippen MR) is 118 cm³/mol. The molecule has 0 radical (unpaired) electrons. The zero-order chi connectivity index (χ0) is 24.2. The van der Waals surface area contributed by atoms with E-state index in [-0.39, 0.29) is 23.3 Å². The van der Waals surface area contributed by atoms with E-state index in [9.17, 15) is 18.4 Å². The molecule has 3 heterocycles. The summed E-state index contributed by atoms with van der Waals surface area (Å²) in [5, 5.41) is 13.6. The molecule has 0 saturated carbocycles. The maximum absolute atomic E-state index is 12.7. The molecule has 2 aromatic rings. The third-order valence-corrected chi connectivity index (χ3v) is 5.14. The van der Waals surface area contributed by atoms with E-state index < -0.39 is 30.3 Å². The second kappa shape index (κ2) is 9.84. The van der Waals surface area contributed by atoms with Crippen LogP contribution in [0.25, 0.3) is 11.5 Å². The average molecular weight is 461 g/mol. The normalized spacial score (nSPS) is 16.4. The molecule has 1 unspecified atom stereocenters. The lowest BCUT2D eigenvalue weighted by Crippen LogP contribution is -2.50. The number of pyridine rings is 1. The van der Waals surface area contributed by atoms with Gasteiger partial charge >= 0.3 is 0 Å². The van der Waals surface area contributed by atoms with Crippen molar-refractivity contribution in [1.82, 2.24) is 20.2 Å². The van der Waals surface area contributed by atoms with Gasteiger partial charge in [0.15, 0.2) is 5.69 Å². The third kappa shape index (κ3) is 5.57. The number of aromatic nitrogens is 2. The molecule has 0 aliphatic carbocycles. The highest BCUT2D eigenvalue weighted by Crippen LogP contribution is 2.31. The number of amides is 2. The van der Waals surface area contributed by atoms with E-state index in [1.54, 1.807) is 0 Å². The smallest absolute Gasteiger partial charge is 0.274 e. The zero-order valence-corrected chi connectivity index (χ0v) is 18.4. The molecule has 1 atom stereocenters. The highest BCUT2D eigenvalue weighted by molar-refractivity contribution is 6.11. The van der Waals surface area contributed by atoms with Crippen molar-refractivity contribution >= 4 is 29.6 Å². The van der Waals surface area contributed by atoms with Crippen molar-refractivity contribution in [3.63, 3.8) is 0 Å². The summed E-state index contributed by atoms with van der Waals surface area (Å²) >= 11 is 0. The fourth-order valence-electron chi connectivity index (χ4n) is 3.26. The summed E-state index contributed by atoms with van der Waals surface area (Å²) in [6, 6.07) is 0.579. The van der Waals surface area contributed by atoms with Gasteiger partial charge in [0, 0.05) is 37.6 Å². The van der Waals surface area contributed by atoms with Crippen molar-refractivity contribution in [3.8, 4) is 11.5 Å². The number of amidine groups is 1. The first-order valence-corrected chi connectivity index (χ1v) is 10.2. The van der Waals surface area contributed by atoms with Gasteiger partial charge in [0.05, 0.1) is 17.8 Å². The SMILES string of the molecule is CN=CC(NC(=O)c1coc(-c2cncc(NCC(F)F)c2)n1)C(=N)N1CCC(C)(C)C1=O. The van der Waals surface area contributed by atoms with Crippen LogP contribution >= 0.6 is 0 Å². The van der Waals surface area contributed by atoms with E-state index in [0.717, 1.165) is 6.26 Å². The van der Waals surface area contributed by atoms with Crippen LogP contribution in [0.4, 0.5) is 14.5 Å². The van der Waals surface area contributed by atoms with Gasteiger partial charge in [-0.05, 0) is 12.5 Å². The third-order valence-electron chi connectivity index (χ3n) is 5.14. The first-order chi connectivity index (χ1) is 15.6. The Morgan fingerprint density at radius 3 is 2.82 bits per heavy atom. The molecule has 0 bridgehead atoms.